The molecule has 2 N–H and O–H groups in total. The van der Waals surface area contributed by atoms with Gasteiger partial charge in [0.2, 0.25) is 0 Å². The fourth-order valence-corrected chi connectivity index (χ4v) is 2.96. The highest BCUT2D eigenvalue weighted by Gasteiger charge is 2.19. The summed E-state index contributed by atoms with van der Waals surface area (Å²) in [6, 6.07) is 10.0. The van der Waals surface area contributed by atoms with Gasteiger partial charge in [-0.25, -0.2) is 4.98 Å². The molecule has 1 aliphatic heterocycles. The van der Waals surface area contributed by atoms with Crippen molar-refractivity contribution in [3.05, 3.63) is 48.4 Å². The molecular formula is C17H19N7. The summed E-state index contributed by atoms with van der Waals surface area (Å²) in [6.07, 6.45) is 3.53. The number of pyridine rings is 2. The molecule has 1 aliphatic rings. The predicted octanol–water partition coefficient (Wildman–Crippen LogP) is 1.21. The topological polar surface area (TPSA) is 84.1 Å². The van der Waals surface area contributed by atoms with E-state index in [-0.39, 0.29) is 0 Å². The van der Waals surface area contributed by atoms with E-state index in [0.717, 1.165) is 54.4 Å². The quantitative estimate of drug-likeness (QED) is 0.776. The minimum absolute atomic E-state index is 0.429. The van der Waals surface area contributed by atoms with Crippen LogP contribution in [0.3, 0.4) is 0 Å². The number of fused-ring (bicyclic) bond motifs is 1. The van der Waals surface area contributed by atoms with Crippen molar-refractivity contribution in [1.82, 2.24) is 20.2 Å². The van der Waals surface area contributed by atoms with Crippen LogP contribution in [0.5, 0.6) is 0 Å². The summed E-state index contributed by atoms with van der Waals surface area (Å²) < 4.78 is 0. The Kier molecular flexibility index (Phi) is 3.92. The molecule has 0 saturated carbocycles. The first kappa shape index (κ1) is 14.8. The van der Waals surface area contributed by atoms with Crippen LogP contribution in [0.15, 0.2) is 42.7 Å². The van der Waals surface area contributed by atoms with E-state index in [9.17, 15) is 0 Å². The zero-order valence-electron chi connectivity index (χ0n) is 13.3. The smallest absolute Gasteiger partial charge is 0.151 e. The van der Waals surface area contributed by atoms with Gasteiger partial charge in [-0.1, -0.05) is 0 Å². The summed E-state index contributed by atoms with van der Waals surface area (Å²) in [5.74, 6) is 1.93. The lowest BCUT2D eigenvalue weighted by molar-refractivity contribution is 0.639. The fraction of sp³-hybridized carbons (Fsp3) is 0.294. The van der Waals surface area contributed by atoms with Crippen LogP contribution in [0.2, 0.25) is 0 Å². The molecule has 0 bridgehead atoms. The number of hydrogen-bond donors (Lipinski definition) is 1. The Morgan fingerprint density at radius 1 is 1.00 bits per heavy atom. The standard InChI is InChI=1S/C17H19N7/c18-11-14-10-15-13(12-19-14)3-4-16(21-15)23-6-8-24(9-7-23)17-2-1-5-20-22-17/h1-5,10,12H,6-9,11,18H2. The van der Waals surface area contributed by atoms with Gasteiger partial charge in [-0.05, 0) is 30.3 Å². The highest BCUT2D eigenvalue weighted by atomic mass is 15.3. The summed E-state index contributed by atoms with van der Waals surface area (Å²) in [5.41, 5.74) is 7.48. The molecule has 0 aliphatic carbocycles. The van der Waals surface area contributed by atoms with Gasteiger partial charge in [0.15, 0.2) is 5.82 Å². The lowest BCUT2D eigenvalue weighted by Crippen LogP contribution is -2.47. The largest absolute Gasteiger partial charge is 0.353 e. The van der Waals surface area contributed by atoms with Gasteiger partial charge in [0, 0.05) is 50.5 Å². The molecular weight excluding hydrogens is 302 g/mol. The summed E-state index contributed by atoms with van der Waals surface area (Å²) in [5, 5.41) is 9.17. The lowest BCUT2D eigenvalue weighted by Gasteiger charge is -2.35. The average Bonchev–Trinajstić information content (AvgIpc) is 2.68. The van der Waals surface area contributed by atoms with Crippen molar-refractivity contribution in [2.24, 2.45) is 5.73 Å². The highest BCUT2D eigenvalue weighted by Crippen LogP contribution is 2.20. The molecule has 3 aromatic rings. The van der Waals surface area contributed by atoms with Crippen molar-refractivity contribution in [3.8, 4) is 0 Å². The average molecular weight is 321 g/mol. The van der Waals surface area contributed by atoms with Crippen molar-refractivity contribution in [1.29, 1.82) is 0 Å². The number of anilines is 2. The maximum Gasteiger partial charge on any atom is 0.151 e. The minimum atomic E-state index is 0.429. The van der Waals surface area contributed by atoms with Crippen LogP contribution in [0.1, 0.15) is 5.69 Å². The molecule has 122 valence electrons. The molecule has 7 heteroatoms. The first-order valence-electron chi connectivity index (χ1n) is 8.07. The third kappa shape index (κ3) is 2.85. The molecule has 0 atom stereocenters. The van der Waals surface area contributed by atoms with E-state index in [2.05, 4.69) is 37.1 Å². The van der Waals surface area contributed by atoms with Crippen molar-refractivity contribution in [3.63, 3.8) is 0 Å². The Hall–Kier alpha value is -2.80. The second kappa shape index (κ2) is 6.37. The molecule has 4 rings (SSSR count). The van der Waals surface area contributed by atoms with E-state index in [0.29, 0.717) is 6.54 Å². The molecule has 4 heterocycles. The van der Waals surface area contributed by atoms with Gasteiger partial charge in [-0.3, -0.25) is 4.98 Å². The van der Waals surface area contributed by atoms with Crippen LogP contribution < -0.4 is 15.5 Å². The zero-order valence-corrected chi connectivity index (χ0v) is 13.3. The van der Waals surface area contributed by atoms with Gasteiger partial charge in [0.1, 0.15) is 5.82 Å². The Balaban J connectivity index is 1.52. The number of aromatic nitrogens is 4. The Bertz CT molecular complexity index is 829. The monoisotopic (exact) mass is 321 g/mol. The molecule has 7 nitrogen and oxygen atoms in total. The first-order chi connectivity index (χ1) is 11.8. The molecule has 0 spiro atoms. The van der Waals surface area contributed by atoms with Crippen LogP contribution in [0.25, 0.3) is 10.9 Å². The van der Waals surface area contributed by atoms with E-state index in [1.54, 1.807) is 6.20 Å². The van der Waals surface area contributed by atoms with E-state index < -0.39 is 0 Å². The van der Waals surface area contributed by atoms with Crippen molar-refractivity contribution >= 4 is 22.5 Å². The van der Waals surface area contributed by atoms with Crippen LogP contribution in [0, 0.1) is 0 Å². The Morgan fingerprint density at radius 2 is 1.79 bits per heavy atom. The van der Waals surface area contributed by atoms with Gasteiger partial charge in [0.25, 0.3) is 0 Å². The second-order valence-electron chi connectivity index (χ2n) is 5.80. The van der Waals surface area contributed by atoms with E-state index in [4.69, 9.17) is 10.7 Å². The Morgan fingerprint density at radius 3 is 2.50 bits per heavy atom. The molecule has 1 saturated heterocycles. The van der Waals surface area contributed by atoms with Crippen molar-refractivity contribution < 1.29 is 0 Å². The summed E-state index contributed by atoms with van der Waals surface area (Å²) in [7, 11) is 0. The van der Waals surface area contributed by atoms with E-state index in [1.165, 1.54) is 0 Å². The third-order valence-corrected chi connectivity index (χ3v) is 4.31. The Labute approximate surface area is 140 Å². The number of nitrogens with zero attached hydrogens (tertiary/aromatic N) is 6. The van der Waals surface area contributed by atoms with Crippen molar-refractivity contribution in [2.45, 2.75) is 6.54 Å². The number of nitrogens with two attached hydrogens (primary N) is 1. The third-order valence-electron chi connectivity index (χ3n) is 4.31. The molecule has 1 fully saturated rings. The normalized spacial score (nSPS) is 15.0. The zero-order chi connectivity index (χ0) is 16.4. The molecule has 3 aromatic heterocycles. The molecule has 0 amide bonds. The van der Waals surface area contributed by atoms with Gasteiger partial charge >= 0.3 is 0 Å². The highest BCUT2D eigenvalue weighted by molar-refractivity contribution is 5.79. The van der Waals surface area contributed by atoms with E-state index >= 15 is 0 Å². The number of rotatable bonds is 3. The summed E-state index contributed by atoms with van der Waals surface area (Å²) in [4.78, 5) is 13.7. The minimum Gasteiger partial charge on any atom is -0.353 e. The number of hydrogen-bond acceptors (Lipinski definition) is 7. The second-order valence-corrected chi connectivity index (χ2v) is 5.80. The maximum atomic E-state index is 5.68. The lowest BCUT2D eigenvalue weighted by atomic mass is 10.2. The molecule has 0 unspecified atom stereocenters. The fourth-order valence-electron chi connectivity index (χ4n) is 2.96. The predicted molar refractivity (Wildman–Crippen MR) is 93.9 cm³/mol. The van der Waals surface area contributed by atoms with Crippen molar-refractivity contribution in [2.75, 3.05) is 36.0 Å². The van der Waals surface area contributed by atoms with Gasteiger partial charge in [-0.15, -0.1) is 5.10 Å². The van der Waals surface area contributed by atoms with Crippen LogP contribution in [-0.2, 0) is 6.54 Å². The van der Waals surface area contributed by atoms with Gasteiger partial charge in [-0.2, -0.15) is 5.10 Å². The molecule has 0 radical (unpaired) electrons. The van der Waals surface area contributed by atoms with Crippen LogP contribution >= 0.6 is 0 Å². The van der Waals surface area contributed by atoms with Crippen LogP contribution in [0.4, 0.5) is 11.6 Å². The summed E-state index contributed by atoms with van der Waals surface area (Å²) in [6.45, 7) is 4.05. The summed E-state index contributed by atoms with van der Waals surface area (Å²) >= 11 is 0. The first-order valence-corrected chi connectivity index (χ1v) is 8.07. The van der Waals surface area contributed by atoms with Crippen LogP contribution in [-0.4, -0.2) is 46.3 Å². The van der Waals surface area contributed by atoms with E-state index in [1.807, 2.05) is 24.4 Å². The molecule has 24 heavy (non-hydrogen) atoms. The molecule has 0 aromatic carbocycles. The number of piperazine rings is 1. The SMILES string of the molecule is NCc1cc2nc(N3CCN(c4cccnn4)CC3)ccc2cn1. The maximum absolute atomic E-state index is 5.68. The van der Waals surface area contributed by atoms with Gasteiger partial charge < -0.3 is 15.5 Å². The van der Waals surface area contributed by atoms with Gasteiger partial charge in [0.05, 0.1) is 11.2 Å².